The summed E-state index contributed by atoms with van der Waals surface area (Å²) >= 11 is 5.82. The van der Waals surface area contributed by atoms with Crippen LogP contribution in [0.4, 0.5) is 0 Å². The maximum atomic E-state index is 12.1. The second-order valence-corrected chi connectivity index (χ2v) is 5.79. The van der Waals surface area contributed by atoms with E-state index in [1.54, 1.807) is 17.0 Å². The van der Waals surface area contributed by atoms with Crippen LogP contribution < -0.4 is 10.5 Å². The average molecular weight is 311 g/mol. The molecule has 0 aromatic heterocycles. The highest BCUT2D eigenvalue weighted by molar-refractivity contribution is 6.31. The molecular formula is C15H19ClN2O3. The van der Waals surface area contributed by atoms with Gasteiger partial charge in [-0.25, -0.2) is 0 Å². The lowest BCUT2D eigenvalue weighted by atomic mass is 9.99. The summed E-state index contributed by atoms with van der Waals surface area (Å²) in [4.78, 5) is 25.2. The Hall–Kier alpha value is -1.75. The predicted molar refractivity (Wildman–Crippen MR) is 80.4 cm³/mol. The van der Waals surface area contributed by atoms with E-state index in [2.05, 4.69) is 6.92 Å². The van der Waals surface area contributed by atoms with Gasteiger partial charge in [-0.05, 0) is 37.0 Å². The fraction of sp³-hybridized carbons (Fsp3) is 0.467. The van der Waals surface area contributed by atoms with Crippen LogP contribution in [0.1, 0.15) is 30.1 Å². The first-order valence-electron chi connectivity index (χ1n) is 6.97. The van der Waals surface area contributed by atoms with E-state index < -0.39 is 5.91 Å². The van der Waals surface area contributed by atoms with Gasteiger partial charge in [0.05, 0.1) is 5.56 Å². The van der Waals surface area contributed by atoms with Crippen LogP contribution in [0.3, 0.4) is 0 Å². The lowest BCUT2D eigenvalue weighted by molar-refractivity contribution is -0.134. The molecule has 1 aromatic rings. The molecular weight excluding hydrogens is 292 g/mol. The minimum absolute atomic E-state index is 0.0766. The molecule has 0 atom stereocenters. The quantitative estimate of drug-likeness (QED) is 0.925. The van der Waals surface area contributed by atoms with Gasteiger partial charge < -0.3 is 15.4 Å². The summed E-state index contributed by atoms with van der Waals surface area (Å²) in [5.41, 5.74) is 5.46. The van der Waals surface area contributed by atoms with Crippen LogP contribution in [-0.4, -0.2) is 36.4 Å². The Bertz CT molecular complexity index is 540. The highest BCUT2D eigenvalue weighted by Crippen LogP contribution is 2.23. The van der Waals surface area contributed by atoms with Crippen LogP contribution >= 0.6 is 11.6 Å². The number of likely N-dealkylation sites (tertiary alicyclic amines) is 1. The molecule has 0 saturated carbocycles. The first-order chi connectivity index (χ1) is 9.97. The number of carbonyl (C=O) groups is 2. The number of rotatable bonds is 4. The Kier molecular flexibility index (Phi) is 5.07. The number of carbonyl (C=O) groups excluding carboxylic acids is 2. The number of primary amides is 1. The van der Waals surface area contributed by atoms with Gasteiger partial charge in [0.25, 0.3) is 11.8 Å². The number of nitrogens with zero attached hydrogens (tertiary/aromatic N) is 1. The molecule has 1 saturated heterocycles. The van der Waals surface area contributed by atoms with E-state index in [-0.39, 0.29) is 23.8 Å². The Balaban J connectivity index is 1.96. The monoisotopic (exact) mass is 310 g/mol. The maximum absolute atomic E-state index is 12.1. The van der Waals surface area contributed by atoms with Crippen molar-refractivity contribution in [1.82, 2.24) is 4.90 Å². The second-order valence-electron chi connectivity index (χ2n) is 5.36. The van der Waals surface area contributed by atoms with Crippen LogP contribution in [0.5, 0.6) is 5.75 Å². The predicted octanol–water partition coefficient (Wildman–Crippen LogP) is 2.08. The van der Waals surface area contributed by atoms with Gasteiger partial charge in [0.1, 0.15) is 5.75 Å². The highest BCUT2D eigenvalue weighted by Gasteiger charge is 2.21. The van der Waals surface area contributed by atoms with E-state index in [1.165, 1.54) is 6.07 Å². The maximum Gasteiger partial charge on any atom is 0.260 e. The zero-order valence-corrected chi connectivity index (χ0v) is 12.7. The third-order valence-corrected chi connectivity index (χ3v) is 3.93. The van der Waals surface area contributed by atoms with E-state index in [1.807, 2.05) is 0 Å². The Morgan fingerprint density at radius 2 is 2.05 bits per heavy atom. The van der Waals surface area contributed by atoms with E-state index in [0.717, 1.165) is 25.9 Å². The second kappa shape index (κ2) is 6.80. The van der Waals surface area contributed by atoms with E-state index in [4.69, 9.17) is 22.1 Å². The molecule has 2 amide bonds. The Morgan fingerprint density at radius 1 is 1.38 bits per heavy atom. The summed E-state index contributed by atoms with van der Waals surface area (Å²) in [6.45, 7) is 3.60. The molecule has 0 bridgehead atoms. The molecule has 2 N–H and O–H groups in total. The number of nitrogens with two attached hydrogens (primary N) is 1. The molecule has 6 heteroatoms. The molecule has 1 aliphatic heterocycles. The minimum Gasteiger partial charge on any atom is -0.483 e. The van der Waals surface area contributed by atoms with Crippen molar-refractivity contribution >= 4 is 23.4 Å². The van der Waals surface area contributed by atoms with E-state index >= 15 is 0 Å². The summed E-state index contributed by atoms with van der Waals surface area (Å²) in [5, 5.41) is 0.396. The zero-order valence-electron chi connectivity index (χ0n) is 12.0. The molecule has 21 heavy (non-hydrogen) atoms. The summed E-state index contributed by atoms with van der Waals surface area (Å²) in [6.07, 6.45) is 2.03. The molecule has 114 valence electrons. The zero-order chi connectivity index (χ0) is 15.4. The van der Waals surface area contributed by atoms with Crippen LogP contribution in [0.25, 0.3) is 0 Å². The van der Waals surface area contributed by atoms with Gasteiger partial charge in [-0.3, -0.25) is 9.59 Å². The van der Waals surface area contributed by atoms with Crippen LogP contribution in [-0.2, 0) is 4.79 Å². The molecule has 0 radical (unpaired) electrons. The number of hydrogen-bond donors (Lipinski definition) is 1. The van der Waals surface area contributed by atoms with Crippen molar-refractivity contribution in [3.8, 4) is 5.75 Å². The number of benzene rings is 1. The number of halogens is 1. The first-order valence-corrected chi connectivity index (χ1v) is 7.35. The molecule has 0 spiro atoms. The smallest absolute Gasteiger partial charge is 0.260 e. The molecule has 0 unspecified atom stereocenters. The summed E-state index contributed by atoms with van der Waals surface area (Å²) < 4.78 is 5.44. The molecule has 1 fully saturated rings. The lowest BCUT2D eigenvalue weighted by Crippen LogP contribution is -2.40. The molecule has 2 rings (SSSR count). The van der Waals surface area contributed by atoms with Gasteiger partial charge in [0, 0.05) is 18.1 Å². The fourth-order valence-corrected chi connectivity index (χ4v) is 2.48. The average Bonchev–Trinajstić information content (AvgIpc) is 2.46. The topological polar surface area (TPSA) is 72.6 Å². The normalized spacial score (nSPS) is 15.8. The van der Waals surface area contributed by atoms with Crippen molar-refractivity contribution in [3.63, 3.8) is 0 Å². The van der Waals surface area contributed by atoms with Crippen LogP contribution in [0.15, 0.2) is 18.2 Å². The third kappa shape index (κ3) is 4.11. The summed E-state index contributed by atoms with van der Waals surface area (Å²) in [7, 11) is 0. The van der Waals surface area contributed by atoms with Crippen molar-refractivity contribution in [2.45, 2.75) is 19.8 Å². The Morgan fingerprint density at radius 3 is 2.67 bits per heavy atom. The first kappa shape index (κ1) is 15.6. The minimum atomic E-state index is -0.633. The fourth-order valence-electron chi connectivity index (χ4n) is 2.31. The molecule has 5 nitrogen and oxygen atoms in total. The van der Waals surface area contributed by atoms with E-state index in [9.17, 15) is 9.59 Å². The number of hydrogen-bond acceptors (Lipinski definition) is 3. The number of ether oxygens (including phenoxy) is 1. The van der Waals surface area contributed by atoms with Gasteiger partial charge in [-0.15, -0.1) is 0 Å². The van der Waals surface area contributed by atoms with Gasteiger partial charge in [-0.2, -0.15) is 0 Å². The van der Waals surface area contributed by atoms with Gasteiger partial charge >= 0.3 is 0 Å². The SMILES string of the molecule is CC1CCN(C(=O)COc2ccc(Cl)cc2C(N)=O)CC1. The van der Waals surface area contributed by atoms with Crippen molar-refractivity contribution in [1.29, 1.82) is 0 Å². The molecule has 1 aromatic carbocycles. The summed E-state index contributed by atoms with van der Waals surface area (Å²) in [6, 6.07) is 4.58. The van der Waals surface area contributed by atoms with Gasteiger partial charge in [0.15, 0.2) is 6.61 Å². The largest absolute Gasteiger partial charge is 0.483 e. The van der Waals surface area contributed by atoms with Crippen molar-refractivity contribution < 1.29 is 14.3 Å². The lowest BCUT2D eigenvalue weighted by Gasteiger charge is -2.30. The van der Waals surface area contributed by atoms with Crippen LogP contribution in [0, 0.1) is 5.92 Å². The molecule has 1 aliphatic rings. The third-order valence-electron chi connectivity index (χ3n) is 3.69. The molecule has 1 heterocycles. The van der Waals surface area contributed by atoms with Crippen LogP contribution in [0.2, 0.25) is 5.02 Å². The number of amides is 2. The standard InChI is InChI=1S/C15H19ClN2O3/c1-10-4-6-18(7-5-10)14(19)9-21-13-3-2-11(16)8-12(13)15(17)20/h2-3,8,10H,4-7,9H2,1H3,(H2,17,20). The highest BCUT2D eigenvalue weighted by atomic mass is 35.5. The van der Waals surface area contributed by atoms with Crippen molar-refractivity contribution in [3.05, 3.63) is 28.8 Å². The molecule has 0 aliphatic carbocycles. The summed E-state index contributed by atoms with van der Waals surface area (Å²) in [5.74, 6) is 0.234. The van der Waals surface area contributed by atoms with E-state index in [0.29, 0.717) is 10.9 Å². The number of piperidine rings is 1. The van der Waals surface area contributed by atoms with Crippen molar-refractivity contribution in [2.24, 2.45) is 11.7 Å². The van der Waals surface area contributed by atoms with Gasteiger partial charge in [-0.1, -0.05) is 18.5 Å². The van der Waals surface area contributed by atoms with Gasteiger partial charge in [0.2, 0.25) is 0 Å². The van der Waals surface area contributed by atoms with Crippen molar-refractivity contribution in [2.75, 3.05) is 19.7 Å². The Labute approximate surface area is 129 Å².